The first-order valence-corrected chi connectivity index (χ1v) is 12.1. The van der Waals surface area contributed by atoms with Crippen LogP contribution in [0.2, 0.25) is 0 Å². The molecule has 2 aromatic carbocycles. The number of ether oxygens (including phenoxy) is 2. The van der Waals surface area contributed by atoms with Crippen molar-refractivity contribution in [1.82, 2.24) is 10.6 Å². The third-order valence-electron chi connectivity index (χ3n) is 7.23. The predicted molar refractivity (Wildman–Crippen MR) is 130 cm³/mol. The first kappa shape index (κ1) is 24.7. The number of carboxylic acid groups (broad SMARTS) is 1. The van der Waals surface area contributed by atoms with Crippen molar-refractivity contribution in [3.63, 3.8) is 0 Å². The minimum atomic E-state index is -1.29. The summed E-state index contributed by atoms with van der Waals surface area (Å²) in [5.74, 6) is -1.99. The van der Waals surface area contributed by atoms with E-state index in [1.807, 2.05) is 43.3 Å². The van der Waals surface area contributed by atoms with Gasteiger partial charge in [0.05, 0.1) is 0 Å². The maximum atomic E-state index is 13.3. The Morgan fingerprint density at radius 1 is 1.06 bits per heavy atom. The standard InChI is InChI=1S/C27H32N2O6/c1-3-17(2)23(24(30)31)28-25(32)27(12-14-34-15-13-27)29-26(33)35-16-22-20-10-6-4-8-18(20)19-9-5-7-11-21(19)22/h4-11,17,22-23H,3,12-16H2,1-2H3,(H,28,32)(H,29,33)(H,30,31)/t17?,23-/m0/s1. The Morgan fingerprint density at radius 3 is 2.17 bits per heavy atom. The molecule has 8 heteroatoms. The van der Waals surface area contributed by atoms with Gasteiger partial charge in [0, 0.05) is 32.0 Å². The molecule has 1 aliphatic carbocycles. The van der Waals surface area contributed by atoms with E-state index in [2.05, 4.69) is 22.8 Å². The largest absolute Gasteiger partial charge is 0.480 e. The molecule has 2 aromatic rings. The Hall–Kier alpha value is -3.39. The Bertz CT molecular complexity index is 1050. The van der Waals surface area contributed by atoms with E-state index < -0.39 is 29.6 Å². The molecule has 3 N–H and O–H groups in total. The summed E-state index contributed by atoms with van der Waals surface area (Å²) in [5.41, 5.74) is 3.15. The zero-order chi connectivity index (χ0) is 25.0. The SMILES string of the molecule is CCC(C)[C@H](NC(=O)C1(NC(=O)OCC2c3ccccc3-c3ccccc32)CCOCC1)C(=O)O. The molecule has 0 saturated carbocycles. The second kappa shape index (κ2) is 10.5. The second-order valence-corrected chi connectivity index (χ2v) is 9.32. The highest BCUT2D eigenvalue weighted by atomic mass is 16.5. The highest BCUT2D eigenvalue weighted by Gasteiger charge is 2.44. The fourth-order valence-corrected chi connectivity index (χ4v) is 4.92. The number of hydrogen-bond acceptors (Lipinski definition) is 5. The van der Waals surface area contributed by atoms with Gasteiger partial charge in [0.25, 0.3) is 0 Å². The molecule has 4 rings (SSSR count). The Kier molecular flexibility index (Phi) is 7.40. The van der Waals surface area contributed by atoms with Crippen LogP contribution in [0.5, 0.6) is 0 Å². The lowest BCUT2D eigenvalue weighted by Gasteiger charge is -2.37. The number of alkyl carbamates (subject to hydrolysis) is 1. The van der Waals surface area contributed by atoms with Crippen LogP contribution in [0.15, 0.2) is 48.5 Å². The first-order chi connectivity index (χ1) is 16.9. The Labute approximate surface area is 205 Å². The topological polar surface area (TPSA) is 114 Å². The van der Waals surface area contributed by atoms with Gasteiger partial charge in [-0.25, -0.2) is 9.59 Å². The highest BCUT2D eigenvalue weighted by molar-refractivity contribution is 5.93. The number of carboxylic acids is 1. The molecule has 2 amide bonds. The van der Waals surface area contributed by atoms with Crippen LogP contribution in [0, 0.1) is 5.92 Å². The zero-order valence-electron chi connectivity index (χ0n) is 20.1. The van der Waals surface area contributed by atoms with Crippen molar-refractivity contribution >= 4 is 18.0 Å². The lowest BCUT2D eigenvalue weighted by atomic mass is 9.88. The van der Waals surface area contributed by atoms with Gasteiger partial charge in [0.1, 0.15) is 18.2 Å². The van der Waals surface area contributed by atoms with Crippen LogP contribution in [-0.2, 0) is 19.1 Å². The lowest BCUT2D eigenvalue weighted by Crippen LogP contribution is -2.64. The average Bonchev–Trinajstić information content (AvgIpc) is 3.19. The molecule has 1 unspecified atom stereocenters. The molecule has 1 heterocycles. The molecule has 186 valence electrons. The number of nitrogens with one attached hydrogen (secondary N) is 2. The van der Waals surface area contributed by atoms with Crippen LogP contribution in [0.4, 0.5) is 4.79 Å². The second-order valence-electron chi connectivity index (χ2n) is 9.32. The van der Waals surface area contributed by atoms with E-state index in [1.54, 1.807) is 6.92 Å². The van der Waals surface area contributed by atoms with Gasteiger partial charge in [-0.15, -0.1) is 0 Å². The van der Waals surface area contributed by atoms with Crippen LogP contribution in [0.1, 0.15) is 50.2 Å². The Balaban J connectivity index is 1.47. The van der Waals surface area contributed by atoms with Gasteiger partial charge >= 0.3 is 12.1 Å². The van der Waals surface area contributed by atoms with Gasteiger partial charge < -0.3 is 25.2 Å². The number of carbonyl (C=O) groups is 3. The first-order valence-electron chi connectivity index (χ1n) is 12.1. The molecule has 0 radical (unpaired) electrons. The molecule has 0 aromatic heterocycles. The Morgan fingerprint density at radius 2 is 1.63 bits per heavy atom. The molecule has 2 aliphatic rings. The van der Waals surface area contributed by atoms with E-state index in [0.29, 0.717) is 6.42 Å². The minimum absolute atomic E-state index is 0.102. The van der Waals surface area contributed by atoms with E-state index >= 15 is 0 Å². The monoisotopic (exact) mass is 480 g/mol. The number of fused-ring (bicyclic) bond motifs is 3. The molecule has 0 bridgehead atoms. The summed E-state index contributed by atoms with van der Waals surface area (Å²) in [4.78, 5) is 38.0. The molecule has 35 heavy (non-hydrogen) atoms. The number of aliphatic carboxylic acids is 1. The maximum Gasteiger partial charge on any atom is 0.408 e. The van der Waals surface area contributed by atoms with Gasteiger partial charge in [-0.3, -0.25) is 4.79 Å². The number of carbonyl (C=O) groups excluding carboxylic acids is 2. The van der Waals surface area contributed by atoms with Gasteiger partial charge in [0.2, 0.25) is 5.91 Å². The molecule has 1 saturated heterocycles. The predicted octanol–water partition coefficient (Wildman–Crippen LogP) is 3.69. The third-order valence-corrected chi connectivity index (χ3v) is 7.23. The summed E-state index contributed by atoms with van der Waals surface area (Å²) >= 11 is 0. The quantitative estimate of drug-likeness (QED) is 0.531. The van der Waals surface area contributed by atoms with Crippen molar-refractivity contribution in [2.75, 3.05) is 19.8 Å². The summed E-state index contributed by atoms with van der Waals surface area (Å²) in [6.07, 6.45) is 0.346. The highest BCUT2D eigenvalue weighted by Crippen LogP contribution is 2.44. The van der Waals surface area contributed by atoms with Crippen molar-refractivity contribution in [2.45, 2.75) is 50.6 Å². The van der Waals surface area contributed by atoms with Crippen LogP contribution < -0.4 is 10.6 Å². The van der Waals surface area contributed by atoms with Gasteiger partial charge in [-0.05, 0) is 28.2 Å². The average molecular weight is 481 g/mol. The smallest absolute Gasteiger partial charge is 0.408 e. The van der Waals surface area contributed by atoms with Crippen molar-refractivity contribution < 1.29 is 29.0 Å². The fourth-order valence-electron chi connectivity index (χ4n) is 4.92. The maximum absolute atomic E-state index is 13.3. The fraction of sp³-hybridized carbons (Fsp3) is 0.444. The number of amides is 2. The summed E-state index contributed by atoms with van der Waals surface area (Å²) in [7, 11) is 0. The molecule has 1 fully saturated rings. The van der Waals surface area contributed by atoms with Crippen molar-refractivity contribution in [2.24, 2.45) is 5.92 Å². The number of rotatable bonds is 8. The van der Waals surface area contributed by atoms with E-state index in [1.165, 1.54) is 0 Å². The van der Waals surface area contributed by atoms with E-state index in [-0.39, 0.29) is 44.5 Å². The van der Waals surface area contributed by atoms with Gasteiger partial charge in [0.15, 0.2) is 0 Å². The molecular weight excluding hydrogens is 448 g/mol. The van der Waals surface area contributed by atoms with Crippen molar-refractivity contribution in [1.29, 1.82) is 0 Å². The summed E-state index contributed by atoms with van der Waals surface area (Å²) in [6.45, 7) is 4.32. The molecule has 0 spiro atoms. The van der Waals surface area contributed by atoms with Crippen LogP contribution in [-0.4, -0.2) is 54.5 Å². The molecular formula is C27H32N2O6. The van der Waals surface area contributed by atoms with E-state index in [4.69, 9.17) is 9.47 Å². The zero-order valence-corrected chi connectivity index (χ0v) is 20.1. The van der Waals surface area contributed by atoms with E-state index in [9.17, 15) is 19.5 Å². The summed E-state index contributed by atoms with van der Waals surface area (Å²) in [5, 5.41) is 15.0. The minimum Gasteiger partial charge on any atom is -0.480 e. The van der Waals surface area contributed by atoms with Crippen LogP contribution in [0.25, 0.3) is 11.1 Å². The normalized spacial score (nSPS) is 18.0. The van der Waals surface area contributed by atoms with Crippen LogP contribution >= 0.6 is 0 Å². The third kappa shape index (κ3) is 5.03. The summed E-state index contributed by atoms with van der Waals surface area (Å²) < 4.78 is 11.1. The van der Waals surface area contributed by atoms with Gasteiger partial charge in [-0.2, -0.15) is 0 Å². The molecule has 8 nitrogen and oxygen atoms in total. The van der Waals surface area contributed by atoms with Gasteiger partial charge in [-0.1, -0.05) is 68.8 Å². The van der Waals surface area contributed by atoms with E-state index in [0.717, 1.165) is 22.3 Å². The van der Waals surface area contributed by atoms with Crippen molar-refractivity contribution in [3.05, 3.63) is 59.7 Å². The van der Waals surface area contributed by atoms with Crippen molar-refractivity contribution in [3.8, 4) is 11.1 Å². The molecule has 2 atom stereocenters. The van der Waals surface area contributed by atoms with Crippen LogP contribution in [0.3, 0.4) is 0 Å². The number of hydrogen-bond donors (Lipinski definition) is 3. The number of benzene rings is 2. The lowest BCUT2D eigenvalue weighted by molar-refractivity contribution is -0.145. The molecule has 1 aliphatic heterocycles. The summed E-state index contributed by atoms with van der Waals surface area (Å²) in [6, 6.07) is 15.1.